The van der Waals surface area contributed by atoms with Crippen molar-refractivity contribution in [3.05, 3.63) is 31.6 Å². The van der Waals surface area contributed by atoms with Gasteiger partial charge in [0.25, 0.3) is 0 Å². The molecule has 12 heavy (non-hydrogen) atoms. The second-order valence-corrected chi connectivity index (χ2v) is 3.12. The summed E-state index contributed by atoms with van der Waals surface area (Å²) in [5.41, 5.74) is 0. The molecular weight excluding hydrogens is 172 g/mol. The van der Waals surface area contributed by atoms with Gasteiger partial charge in [-0.25, -0.2) is 0 Å². The van der Waals surface area contributed by atoms with Gasteiger partial charge < -0.3 is 0 Å². The third-order valence-corrected chi connectivity index (χ3v) is 2.04. The van der Waals surface area contributed by atoms with Crippen LogP contribution in [0.15, 0.2) is 0 Å². The third kappa shape index (κ3) is 3.14. The summed E-state index contributed by atoms with van der Waals surface area (Å²) in [6.45, 7) is 0. The Morgan fingerprint density at radius 1 is 1.25 bits per heavy atom. The van der Waals surface area contributed by atoms with Gasteiger partial charge in [-0.2, -0.15) is 0 Å². The minimum Gasteiger partial charge on any atom is -0.299 e. The molecule has 1 rings (SSSR count). The molecule has 0 unspecified atom stereocenters. The number of hydrogen-bond donors (Lipinski definition) is 0. The standard InChI is InChI=1S/C10H12ClO/c11-8-4-3-7-10(12)9-5-1-2-6-9/h1-2,5-6H,3-4,7-8H2. The zero-order valence-electron chi connectivity index (χ0n) is 6.92. The van der Waals surface area contributed by atoms with Gasteiger partial charge in [0.1, 0.15) is 5.78 Å². The predicted molar refractivity (Wildman–Crippen MR) is 50.0 cm³/mol. The summed E-state index contributed by atoms with van der Waals surface area (Å²) in [5, 5.41) is 0. The molecule has 0 amide bonds. The van der Waals surface area contributed by atoms with E-state index in [9.17, 15) is 4.79 Å². The van der Waals surface area contributed by atoms with Crippen molar-refractivity contribution in [2.45, 2.75) is 19.3 Å². The van der Waals surface area contributed by atoms with Crippen molar-refractivity contribution in [3.8, 4) is 0 Å². The van der Waals surface area contributed by atoms with Gasteiger partial charge in [0.15, 0.2) is 0 Å². The molecule has 65 valence electrons. The van der Waals surface area contributed by atoms with E-state index in [0.717, 1.165) is 18.8 Å². The van der Waals surface area contributed by atoms with E-state index in [4.69, 9.17) is 11.6 Å². The van der Waals surface area contributed by atoms with E-state index < -0.39 is 0 Å². The van der Waals surface area contributed by atoms with Crippen molar-refractivity contribution < 1.29 is 4.79 Å². The Kier molecular flexibility index (Phi) is 4.67. The molecule has 1 saturated carbocycles. The topological polar surface area (TPSA) is 17.1 Å². The molecule has 0 N–H and O–H groups in total. The molecule has 1 aliphatic carbocycles. The van der Waals surface area contributed by atoms with E-state index >= 15 is 0 Å². The summed E-state index contributed by atoms with van der Waals surface area (Å²) < 4.78 is 0. The zero-order valence-corrected chi connectivity index (χ0v) is 7.68. The molecular formula is C10H12ClO. The Bertz CT molecular complexity index is 139. The molecule has 0 atom stereocenters. The second-order valence-electron chi connectivity index (χ2n) is 2.74. The molecule has 0 aromatic carbocycles. The fourth-order valence-electron chi connectivity index (χ4n) is 1.08. The van der Waals surface area contributed by atoms with Crippen LogP contribution in [0.5, 0.6) is 0 Å². The van der Waals surface area contributed by atoms with Crippen LogP contribution in [0.3, 0.4) is 0 Å². The fraction of sp³-hybridized carbons (Fsp3) is 0.400. The number of carbonyl (C=O) groups excluding carboxylic acids is 1. The van der Waals surface area contributed by atoms with Gasteiger partial charge >= 0.3 is 0 Å². The van der Waals surface area contributed by atoms with Gasteiger partial charge in [-0.3, -0.25) is 4.79 Å². The normalized spacial score (nSPS) is 18.4. The first-order chi connectivity index (χ1) is 5.84. The van der Waals surface area contributed by atoms with E-state index in [-0.39, 0.29) is 5.78 Å². The third-order valence-electron chi connectivity index (χ3n) is 1.77. The fourth-order valence-corrected chi connectivity index (χ4v) is 1.27. The molecule has 0 spiro atoms. The molecule has 0 heterocycles. The van der Waals surface area contributed by atoms with Gasteiger partial charge in [-0.1, -0.05) is 0 Å². The first-order valence-corrected chi connectivity index (χ1v) is 4.69. The summed E-state index contributed by atoms with van der Waals surface area (Å²) in [6.07, 6.45) is 9.91. The summed E-state index contributed by atoms with van der Waals surface area (Å²) in [5.74, 6) is 1.70. The number of unbranched alkanes of at least 4 members (excludes halogenated alkanes) is 1. The number of alkyl halides is 1. The minimum atomic E-state index is 0.227. The van der Waals surface area contributed by atoms with Crippen molar-refractivity contribution in [1.82, 2.24) is 0 Å². The molecule has 0 aromatic heterocycles. The van der Waals surface area contributed by atoms with Crippen LogP contribution in [0.4, 0.5) is 0 Å². The number of Topliss-reactive ketones (excluding diaryl/α,β-unsaturated/α-hetero) is 1. The van der Waals surface area contributed by atoms with Gasteiger partial charge in [0.2, 0.25) is 0 Å². The van der Waals surface area contributed by atoms with Crippen LogP contribution < -0.4 is 0 Å². The Morgan fingerprint density at radius 3 is 2.50 bits per heavy atom. The lowest BCUT2D eigenvalue weighted by Gasteiger charge is -2.04. The molecule has 5 radical (unpaired) electrons. The first kappa shape index (κ1) is 10.0. The smallest absolute Gasteiger partial charge is 0.140 e. The Labute approximate surface area is 79.5 Å². The number of rotatable bonds is 5. The average molecular weight is 184 g/mol. The van der Waals surface area contributed by atoms with Crippen LogP contribution >= 0.6 is 11.6 Å². The highest BCUT2D eigenvalue weighted by atomic mass is 35.5. The minimum absolute atomic E-state index is 0.227. The number of hydrogen-bond acceptors (Lipinski definition) is 1. The average Bonchev–Trinajstić information content (AvgIpc) is 2.56. The summed E-state index contributed by atoms with van der Waals surface area (Å²) in [6, 6.07) is 0. The van der Waals surface area contributed by atoms with Gasteiger partial charge in [0, 0.05) is 18.2 Å². The quantitative estimate of drug-likeness (QED) is 0.473. The van der Waals surface area contributed by atoms with Crippen molar-refractivity contribution in [2.24, 2.45) is 0 Å². The molecule has 0 bridgehead atoms. The number of carbonyl (C=O) groups is 1. The molecule has 0 saturated heterocycles. The largest absolute Gasteiger partial charge is 0.299 e. The van der Waals surface area contributed by atoms with Crippen molar-refractivity contribution in [1.29, 1.82) is 0 Å². The van der Waals surface area contributed by atoms with Crippen LogP contribution in [-0.4, -0.2) is 11.7 Å². The highest BCUT2D eigenvalue weighted by Crippen LogP contribution is 2.25. The lowest BCUT2D eigenvalue weighted by molar-refractivity contribution is -0.116. The molecule has 1 aliphatic rings. The van der Waals surface area contributed by atoms with Crippen LogP contribution in [0, 0.1) is 31.6 Å². The predicted octanol–water partition coefficient (Wildman–Crippen LogP) is 2.37. The maximum absolute atomic E-state index is 11.3. The van der Waals surface area contributed by atoms with E-state index in [1.807, 2.05) is 25.7 Å². The zero-order chi connectivity index (χ0) is 8.81. The van der Waals surface area contributed by atoms with Crippen LogP contribution in [0.25, 0.3) is 0 Å². The van der Waals surface area contributed by atoms with Crippen molar-refractivity contribution in [2.75, 3.05) is 5.88 Å². The Hall–Kier alpha value is -0.0400. The van der Waals surface area contributed by atoms with Crippen molar-refractivity contribution >= 4 is 17.4 Å². The van der Waals surface area contributed by atoms with Crippen LogP contribution in [-0.2, 0) is 4.79 Å². The lowest BCUT2D eigenvalue weighted by Crippen LogP contribution is -2.08. The van der Waals surface area contributed by atoms with Crippen molar-refractivity contribution in [3.63, 3.8) is 0 Å². The van der Waals surface area contributed by atoms with Gasteiger partial charge in [0.05, 0.1) is 0 Å². The summed E-state index contributed by atoms with van der Waals surface area (Å²) in [7, 11) is 0. The molecule has 0 aliphatic heterocycles. The van der Waals surface area contributed by atoms with Crippen LogP contribution in [0.1, 0.15) is 19.3 Å². The summed E-state index contributed by atoms with van der Waals surface area (Å²) in [4.78, 5) is 11.3. The number of ketones is 1. The van der Waals surface area contributed by atoms with E-state index in [1.54, 1.807) is 0 Å². The highest BCUT2D eigenvalue weighted by molar-refractivity contribution is 6.17. The van der Waals surface area contributed by atoms with E-state index in [2.05, 4.69) is 0 Å². The number of halogens is 1. The second kappa shape index (κ2) is 5.58. The maximum Gasteiger partial charge on any atom is 0.140 e. The van der Waals surface area contributed by atoms with E-state index in [0.29, 0.717) is 12.3 Å². The van der Waals surface area contributed by atoms with Crippen LogP contribution in [0.2, 0.25) is 0 Å². The SMILES string of the molecule is O=C(CCCCCl)[C]1[CH][CH][CH][CH]1. The van der Waals surface area contributed by atoms with E-state index in [1.165, 1.54) is 0 Å². The molecule has 0 aromatic rings. The Balaban J connectivity index is 2.10. The van der Waals surface area contributed by atoms with Gasteiger partial charge in [-0.15, -0.1) is 11.6 Å². The molecule has 1 fully saturated rings. The Morgan fingerprint density at radius 2 is 1.92 bits per heavy atom. The summed E-state index contributed by atoms with van der Waals surface area (Å²) >= 11 is 5.50. The first-order valence-electron chi connectivity index (χ1n) is 4.15. The maximum atomic E-state index is 11.3. The molecule has 1 nitrogen and oxygen atoms in total. The molecule has 2 heteroatoms. The van der Waals surface area contributed by atoms with Gasteiger partial charge in [-0.05, 0) is 38.5 Å². The monoisotopic (exact) mass is 183 g/mol. The lowest BCUT2D eigenvalue weighted by atomic mass is 9.98. The highest BCUT2D eigenvalue weighted by Gasteiger charge is 2.23.